The number of ether oxygens (including phenoxy) is 2. The Morgan fingerprint density at radius 3 is 2.68 bits per heavy atom. The van der Waals surface area contributed by atoms with Gasteiger partial charge < -0.3 is 29.7 Å². The van der Waals surface area contributed by atoms with Gasteiger partial charge in [0.1, 0.15) is 12.1 Å². The maximum Gasteiger partial charge on any atom is 0.320 e. The van der Waals surface area contributed by atoms with E-state index in [-0.39, 0.29) is 55.5 Å². The molecular formula is C23H32Cl2N2O7. The third-order valence-corrected chi connectivity index (χ3v) is 8.41. The summed E-state index contributed by atoms with van der Waals surface area (Å²) in [4.78, 5) is 25.3. The van der Waals surface area contributed by atoms with E-state index in [0.717, 1.165) is 36.9 Å². The number of phenols is 1. The largest absolute Gasteiger partial charge is 0.504 e. The molecule has 34 heavy (non-hydrogen) atoms. The van der Waals surface area contributed by atoms with E-state index in [1.54, 1.807) is 13.2 Å². The van der Waals surface area contributed by atoms with Crippen LogP contribution >= 0.6 is 24.8 Å². The highest BCUT2D eigenvalue weighted by Crippen LogP contribution is 2.66. The summed E-state index contributed by atoms with van der Waals surface area (Å²) in [6.07, 6.45) is 2.27. The van der Waals surface area contributed by atoms with E-state index >= 15 is 0 Å². The summed E-state index contributed by atoms with van der Waals surface area (Å²) in [6, 6.07) is 2.49. The molecule has 1 spiro atoms. The van der Waals surface area contributed by atoms with Crippen LogP contribution in [-0.4, -0.2) is 82.7 Å². The summed E-state index contributed by atoms with van der Waals surface area (Å²) in [6.45, 7) is 0.846. The van der Waals surface area contributed by atoms with E-state index < -0.39 is 35.1 Å². The average molecular weight is 519 g/mol. The minimum Gasteiger partial charge on any atom is -0.504 e. The van der Waals surface area contributed by atoms with Crippen molar-refractivity contribution in [1.82, 2.24) is 10.2 Å². The number of carboxylic acids is 2. The molecule has 0 unspecified atom stereocenters. The number of rotatable bonds is 7. The lowest BCUT2D eigenvalue weighted by Crippen LogP contribution is -2.78. The number of hydrogen-bond donors (Lipinski definition) is 4. The summed E-state index contributed by atoms with van der Waals surface area (Å²) in [5, 5.41) is 32.6. The number of methoxy groups -OCH3 is 1. The van der Waals surface area contributed by atoms with E-state index in [1.807, 2.05) is 6.07 Å². The molecule has 1 aromatic carbocycles. The molecule has 6 atom stereocenters. The van der Waals surface area contributed by atoms with Crippen molar-refractivity contribution < 1.29 is 34.4 Å². The second-order valence-electron chi connectivity index (χ2n) is 9.64. The number of carbonyl (C=O) groups is 2. The lowest BCUT2D eigenvalue weighted by atomic mass is 9.48. The molecule has 9 nitrogen and oxygen atoms in total. The molecule has 5 rings (SSSR count). The second-order valence-corrected chi connectivity index (χ2v) is 9.64. The first-order chi connectivity index (χ1) is 15.2. The Labute approximate surface area is 210 Å². The molecule has 2 aliphatic carbocycles. The molecule has 1 saturated carbocycles. The quantitative estimate of drug-likeness (QED) is 0.427. The predicted molar refractivity (Wildman–Crippen MR) is 128 cm³/mol. The van der Waals surface area contributed by atoms with Crippen molar-refractivity contribution in [1.29, 1.82) is 0 Å². The molecule has 0 radical (unpaired) electrons. The van der Waals surface area contributed by atoms with Crippen LogP contribution in [0.5, 0.6) is 11.5 Å². The first-order valence-corrected chi connectivity index (χ1v) is 11.2. The van der Waals surface area contributed by atoms with Crippen LogP contribution in [0.2, 0.25) is 0 Å². The van der Waals surface area contributed by atoms with Crippen LogP contribution in [0.15, 0.2) is 12.1 Å². The number of aromatic hydroxyl groups is 1. The zero-order chi connectivity index (χ0) is 22.8. The summed E-state index contributed by atoms with van der Waals surface area (Å²) in [5.41, 5.74) is 1.14. The minimum absolute atomic E-state index is 0. The first-order valence-electron chi connectivity index (χ1n) is 11.2. The van der Waals surface area contributed by atoms with Crippen molar-refractivity contribution in [2.75, 3.05) is 20.7 Å². The SMILES string of the molecule is CO[C@@]12CC[C@H](N[C@@H](CCC(=O)O)C(=O)O)[C@@H]3Oc4c(O)ccc5c4[C@@]31CCN(C)[C@@H]2C5.Cl.Cl. The summed E-state index contributed by atoms with van der Waals surface area (Å²) in [5.74, 6) is -1.52. The molecule has 190 valence electrons. The van der Waals surface area contributed by atoms with Gasteiger partial charge in [-0.25, -0.2) is 0 Å². The lowest BCUT2D eigenvalue weighted by molar-refractivity contribution is -0.204. The number of piperidine rings is 1. The van der Waals surface area contributed by atoms with Gasteiger partial charge in [0.05, 0.1) is 11.0 Å². The van der Waals surface area contributed by atoms with Crippen LogP contribution in [0.4, 0.5) is 0 Å². The Kier molecular flexibility index (Phi) is 7.38. The number of benzene rings is 1. The van der Waals surface area contributed by atoms with Crippen LogP contribution in [0.3, 0.4) is 0 Å². The molecule has 4 aliphatic rings. The normalized spacial score (nSPS) is 33.5. The number of phenolic OH excluding ortho intramolecular Hbond substituents is 1. The van der Waals surface area contributed by atoms with Gasteiger partial charge >= 0.3 is 11.9 Å². The van der Waals surface area contributed by atoms with Gasteiger partial charge in [0.15, 0.2) is 11.5 Å². The number of aliphatic carboxylic acids is 2. The van der Waals surface area contributed by atoms with Crippen molar-refractivity contribution >= 4 is 36.8 Å². The molecule has 0 aromatic heterocycles. The van der Waals surface area contributed by atoms with Gasteiger partial charge in [-0.3, -0.25) is 14.9 Å². The number of carboxylic acid groups (broad SMARTS) is 2. The number of halogens is 2. The van der Waals surface area contributed by atoms with Gasteiger partial charge in [0.25, 0.3) is 0 Å². The van der Waals surface area contributed by atoms with E-state index in [2.05, 4.69) is 17.3 Å². The van der Waals surface area contributed by atoms with Crippen molar-refractivity contribution in [3.63, 3.8) is 0 Å². The van der Waals surface area contributed by atoms with Crippen molar-refractivity contribution in [2.45, 2.75) is 73.8 Å². The van der Waals surface area contributed by atoms with E-state index in [0.29, 0.717) is 12.2 Å². The molecule has 1 aromatic rings. The van der Waals surface area contributed by atoms with Crippen molar-refractivity contribution in [2.24, 2.45) is 0 Å². The van der Waals surface area contributed by atoms with Gasteiger partial charge in [-0.05, 0) is 57.3 Å². The van der Waals surface area contributed by atoms with Crippen molar-refractivity contribution in [3.8, 4) is 11.5 Å². The smallest absolute Gasteiger partial charge is 0.320 e. The first kappa shape index (κ1) is 26.8. The Bertz CT molecular complexity index is 979. The fourth-order valence-corrected chi connectivity index (χ4v) is 7.11. The van der Waals surface area contributed by atoms with Gasteiger partial charge in [-0.2, -0.15) is 0 Å². The number of nitrogens with zero attached hydrogens (tertiary/aromatic N) is 1. The molecule has 4 N–H and O–H groups in total. The van der Waals surface area contributed by atoms with E-state index in [9.17, 15) is 19.8 Å². The van der Waals surface area contributed by atoms with Crippen LogP contribution in [0.1, 0.15) is 43.2 Å². The summed E-state index contributed by atoms with van der Waals surface area (Å²) < 4.78 is 12.8. The maximum atomic E-state index is 11.9. The Morgan fingerprint density at radius 1 is 1.29 bits per heavy atom. The molecule has 11 heteroatoms. The fourth-order valence-electron chi connectivity index (χ4n) is 7.11. The van der Waals surface area contributed by atoms with Crippen LogP contribution in [-0.2, 0) is 26.2 Å². The highest BCUT2D eigenvalue weighted by Gasteiger charge is 2.73. The average Bonchev–Trinajstić information content (AvgIpc) is 3.11. The zero-order valence-corrected chi connectivity index (χ0v) is 20.8. The van der Waals surface area contributed by atoms with Crippen LogP contribution < -0.4 is 10.1 Å². The summed E-state index contributed by atoms with van der Waals surface area (Å²) >= 11 is 0. The zero-order valence-electron chi connectivity index (χ0n) is 19.2. The fraction of sp³-hybridized carbons (Fsp3) is 0.652. The van der Waals surface area contributed by atoms with Crippen molar-refractivity contribution in [3.05, 3.63) is 23.3 Å². The number of nitrogens with one attached hydrogen (secondary N) is 1. The van der Waals surface area contributed by atoms with Crippen LogP contribution in [0.25, 0.3) is 0 Å². The monoisotopic (exact) mass is 518 g/mol. The third kappa shape index (κ3) is 3.47. The second kappa shape index (κ2) is 9.35. The Hall–Kier alpha value is -1.78. The van der Waals surface area contributed by atoms with Gasteiger partial charge in [0, 0.05) is 31.2 Å². The Morgan fingerprint density at radius 2 is 2.03 bits per heavy atom. The maximum absolute atomic E-state index is 11.9. The van der Waals surface area contributed by atoms with Crippen LogP contribution in [0, 0.1) is 0 Å². The molecule has 2 fully saturated rings. The number of hydrogen-bond acceptors (Lipinski definition) is 7. The van der Waals surface area contributed by atoms with E-state index in [4.69, 9.17) is 14.6 Å². The molecule has 2 heterocycles. The molecule has 2 bridgehead atoms. The predicted octanol–water partition coefficient (Wildman–Crippen LogP) is 1.95. The number of likely N-dealkylation sites (tertiary alicyclic amines) is 1. The third-order valence-electron chi connectivity index (χ3n) is 8.41. The lowest BCUT2D eigenvalue weighted by Gasteiger charge is -2.65. The Balaban J connectivity index is 0.00000162. The van der Waals surface area contributed by atoms with E-state index in [1.165, 1.54) is 0 Å². The standard InChI is InChI=1S/C23H30N2O7.2ClH/c1-25-10-9-22-18-12-3-5-15(26)19(18)32-20(22)13(7-8-23(22,31-2)16(25)11-12)24-14(21(29)30)4-6-17(27)28;;/h3,5,13-14,16,20,24,26H,4,6-11H2,1-2H3,(H,27,28)(H,29,30);2*1H/t13-,14-,16+,20-,22-,23+;;/m0../s1. The van der Waals surface area contributed by atoms with Gasteiger partial charge in [0.2, 0.25) is 0 Å². The highest BCUT2D eigenvalue weighted by molar-refractivity contribution is 5.85. The highest BCUT2D eigenvalue weighted by atomic mass is 35.5. The number of likely N-dealkylation sites (N-methyl/N-ethyl adjacent to an activating group) is 1. The molecule has 1 saturated heterocycles. The topological polar surface area (TPSA) is 129 Å². The van der Waals surface area contributed by atoms with Gasteiger partial charge in [-0.15, -0.1) is 24.8 Å². The molecule has 0 amide bonds. The minimum atomic E-state index is -1.07. The summed E-state index contributed by atoms with van der Waals surface area (Å²) in [7, 11) is 3.86. The molecular weight excluding hydrogens is 487 g/mol. The molecule has 2 aliphatic heterocycles. The van der Waals surface area contributed by atoms with Gasteiger partial charge in [-0.1, -0.05) is 6.07 Å².